The number of aryl methyl sites for hydroxylation is 1. The van der Waals surface area contributed by atoms with Crippen LogP contribution < -0.4 is 5.73 Å². The number of hydrogen-bond acceptors (Lipinski definition) is 2. The first-order valence-electron chi connectivity index (χ1n) is 6.00. The number of nitrogens with two attached hydrogens (primary N) is 1. The Morgan fingerprint density at radius 2 is 2.06 bits per heavy atom. The highest BCUT2D eigenvalue weighted by Gasteiger charge is 2.06. The quantitative estimate of drug-likeness (QED) is 0.744. The van der Waals surface area contributed by atoms with Gasteiger partial charge in [0.15, 0.2) is 0 Å². The molecule has 0 radical (unpaired) electrons. The number of nitrogen functional groups attached to an aromatic ring is 1. The summed E-state index contributed by atoms with van der Waals surface area (Å²) in [7, 11) is 0. The molecule has 3 rings (SSSR count). The van der Waals surface area contributed by atoms with Gasteiger partial charge in [0.1, 0.15) is 5.82 Å². The average molecular weight is 237 g/mol. The fraction of sp³-hybridized carbons (Fsp3) is 0.133. The van der Waals surface area contributed by atoms with Crippen LogP contribution >= 0.6 is 0 Å². The maximum atomic E-state index is 5.77. The number of imidazole rings is 1. The molecular formula is C15H15N3. The number of rotatable bonds is 2. The summed E-state index contributed by atoms with van der Waals surface area (Å²) in [5.74, 6) is 1.04. The molecule has 3 nitrogen and oxygen atoms in total. The zero-order valence-electron chi connectivity index (χ0n) is 10.3. The summed E-state index contributed by atoms with van der Waals surface area (Å²) in [4.78, 5) is 4.48. The second kappa shape index (κ2) is 4.18. The molecule has 0 aliphatic carbocycles. The van der Waals surface area contributed by atoms with Gasteiger partial charge in [-0.05, 0) is 30.2 Å². The first kappa shape index (κ1) is 10.8. The Morgan fingerprint density at radius 3 is 2.89 bits per heavy atom. The number of pyridine rings is 1. The van der Waals surface area contributed by atoms with Crippen molar-refractivity contribution in [2.75, 3.05) is 5.73 Å². The van der Waals surface area contributed by atoms with Crippen LogP contribution in [-0.4, -0.2) is 9.38 Å². The Labute approximate surface area is 106 Å². The van der Waals surface area contributed by atoms with Crippen LogP contribution in [0.25, 0.3) is 5.52 Å². The Kier molecular flexibility index (Phi) is 2.52. The van der Waals surface area contributed by atoms with Gasteiger partial charge in [0, 0.05) is 18.3 Å². The summed E-state index contributed by atoms with van der Waals surface area (Å²) in [6.45, 7) is 2.13. The van der Waals surface area contributed by atoms with Crippen molar-refractivity contribution in [3.63, 3.8) is 0 Å². The van der Waals surface area contributed by atoms with Crippen molar-refractivity contribution in [3.05, 3.63) is 65.7 Å². The van der Waals surface area contributed by atoms with Crippen molar-refractivity contribution in [3.8, 4) is 0 Å². The van der Waals surface area contributed by atoms with Crippen molar-refractivity contribution >= 4 is 11.2 Å². The Bertz CT molecular complexity index is 698. The summed E-state index contributed by atoms with van der Waals surface area (Å²) < 4.78 is 2.09. The van der Waals surface area contributed by atoms with Gasteiger partial charge in [0.2, 0.25) is 0 Å². The summed E-state index contributed by atoms with van der Waals surface area (Å²) in [6, 6.07) is 12.2. The standard InChI is InChI=1S/C15H15N3/c1-11-4-2-3-5-12(11)8-15-17-10-14-9-13(16)6-7-18(14)15/h2-7,9-10H,8,16H2,1H3. The molecule has 2 heterocycles. The first-order valence-corrected chi connectivity index (χ1v) is 6.00. The minimum atomic E-state index is 0.768. The largest absolute Gasteiger partial charge is 0.399 e. The van der Waals surface area contributed by atoms with E-state index in [1.54, 1.807) is 0 Å². The Hall–Kier alpha value is -2.29. The molecule has 0 unspecified atom stereocenters. The molecule has 0 aliphatic rings. The molecule has 0 spiro atoms. The van der Waals surface area contributed by atoms with E-state index >= 15 is 0 Å². The molecule has 3 aromatic rings. The number of aromatic nitrogens is 2. The van der Waals surface area contributed by atoms with Gasteiger partial charge in [0.25, 0.3) is 0 Å². The van der Waals surface area contributed by atoms with E-state index in [0.29, 0.717) is 0 Å². The predicted molar refractivity (Wildman–Crippen MR) is 73.6 cm³/mol. The lowest BCUT2D eigenvalue weighted by Gasteiger charge is -2.05. The van der Waals surface area contributed by atoms with Crippen molar-refractivity contribution in [1.29, 1.82) is 0 Å². The van der Waals surface area contributed by atoms with E-state index in [1.165, 1.54) is 11.1 Å². The van der Waals surface area contributed by atoms with Gasteiger partial charge >= 0.3 is 0 Å². The Morgan fingerprint density at radius 1 is 1.22 bits per heavy atom. The fourth-order valence-corrected chi connectivity index (χ4v) is 2.18. The summed E-state index contributed by atoms with van der Waals surface area (Å²) in [5, 5.41) is 0. The maximum absolute atomic E-state index is 5.77. The highest BCUT2D eigenvalue weighted by Crippen LogP contribution is 2.16. The fourth-order valence-electron chi connectivity index (χ4n) is 2.18. The number of nitrogens with zero attached hydrogens (tertiary/aromatic N) is 2. The molecule has 90 valence electrons. The second-order valence-electron chi connectivity index (χ2n) is 4.53. The van der Waals surface area contributed by atoms with E-state index in [-0.39, 0.29) is 0 Å². The summed E-state index contributed by atoms with van der Waals surface area (Å²) >= 11 is 0. The van der Waals surface area contributed by atoms with Crippen LogP contribution in [0.5, 0.6) is 0 Å². The van der Waals surface area contributed by atoms with Crippen molar-refractivity contribution < 1.29 is 0 Å². The molecular weight excluding hydrogens is 222 g/mol. The van der Waals surface area contributed by atoms with Gasteiger partial charge in [0.05, 0.1) is 11.7 Å². The third-order valence-corrected chi connectivity index (χ3v) is 3.24. The summed E-state index contributed by atoms with van der Waals surface area (Å²) in [6.07, 6.45) is 4.68. The first-order chi connectivity index (χ1) is 8.74. The Balaban J connectivity index is 2.03. The lowest BCUT2D eigenvalue weighted by molar-refractivity contribution is 0.955. The van der Waals surface area contributed by atoms with Crippen molar-refractivity contribution in [2.24, 2.45) is 0 Å². The van der Waals surface area contributed by atoms with Crippen molar-refractivity contribution in [1.82, 2.24) is 9.38 Å². The molecule has 18 heavy (non-hydrogen) atoms. The topological polar surface area (TPSA) is 43.3 Å². The highest BCUT2D eigenvalue weighted by molar-refractivity contribution is 5.56. The maximum Gasteiger partial charge on any atom is 0.117 e. The molecule has 3 heteroatoms. The van der Waals surface area contributed by atoms with Gasteiger partial charge in [-0.1, -0.05) is 24.3 Å². The molecule has 0 bridgehead atoms. The molecule has 2 N–H and O–H groups in total. The molecule has 0 atom stereocenters. The zero-order chi connectivity index (χ0) is 12.5. The molecule has 0 saturated heterocycles. The predicted octanol–water partition coefficient (Wildman–Crippen LogP) is 2.82. The molecule has 0 amide bonds. The number of hydrogen-bond donors (Lipinski definition) is 1. The number of benzene rings is 1. The van der Waals surface area contributed by atoms with Gasteiger partial charge in [-0.3, -0.25) is 0 Å². The average Bonchev–Trinajstić information content (AvgIpc) is 2.74. The van der Waals surface area contributed by atoms with E-state index in [4.69, 9.17) is 5.73 Å². The summed E-state index contributed by atoms with van der Waals surface area (Å²) in [5.41, 5.74) is 10.2. The van der Waals surface area contributed by atoms with Gasteiger partial charge in [-0.25, -0.2) is 4.98 Å². The smallest absolute Gasteiger partial charge is 0.117 e. The van der Waals surface area contributed by atoms with E-state index < -0.39 is 0 Å². The van der Waals surface area contributed by atoms with Crippen LogP contribution in [0.2, 0.25) is 0 Å². The molecule has 0 aliphatic heterocycles. The molecule has 0 fully saturated rings. The van der Waals surface area contributed by atoms with Crippen LogP contribution in [-0.2, 0) is 6.42 Å². The number of anilines is 1. The molecule has 0 saturated carbocycles. The monoisotopic (exact) mass is 237 g/mol. The SMILES string of the molecule is Cc1ccccc1Cc1ncc2cc(N)ccn12. The van der Waals surface area contributed by atoms with E-state index in [2.05, 4.69) is 40.6 Å². The van der Waals surface area contributed by atoms with Crippen LogP contribution in [0, 0.1) is 6.92 Å². The lowest BCUT2D eigenvalue weighted by atomic mass is 10.1. The molecule has 1 aromatic carbocycles. The zero-order valence-corrected chi connectivity index (χ0v) is 10.3. The van der Waals surface area contributed by atoms with Gasteiger partial charge in [-0.2, -0.15) is 0 Å². The van der Waals surface area contributed by atoms with E-state index in [9.17, 15) is 0 Å². The molecule has 2 aromatic heterocycles. The van der Waals surface area contributed by atoms with Gasteiger partial charge < -0.3 is 10.1 Å². The van der Waals surface area contributed by atoms with Crippen LogP contribution in [0.15, 0.2) is 48.8 Å². The van der Waals surface area contributed by atoms with Crippen LogP contribution in [0.1, 0.15) is 17.0 Å². The third-order valence-electron chi connectivity index (χ3n) is 3.24. The highest BCUT2D eigenvalue weighted by atomic mass is 15.0. The van der Waals surface area contributed by atoms with Gasteiger partial charge in [-0.15, -0.1) is 0 Å². The number of fused-ring (bicyclic) bond motifs is 1. The lowest BCUT2D eigenvalue weighted by Crippen LogP contribution is -1.98. The van der Waals surface area contributed by atoms with E-state index in [0.717, 1.165) is 23.4 Å². The van der Waals surface area contributed by atoms with Crippen LogP contribution in [0.3, 0.4) is 0 Å². The minimum absolute atomic E-state index is 0.768. The third kappa shape index (κ3) is 1.84. The van der Waals surface area contributed by atoms with Crippen LogP contribution in [0.4, 0.5) is 5.69 Å². The van der Waals surface area contributed by atoms with E-state index in [1.807, 2.05) is 24.5 Å². The second-order valence-corrected chi connectivity index (χ2v) is 4.53. The minimum Gasteiger partial charge on any atom is -0.399 e. The van der Waals surface area contributed by atoms with Crippen molar-refractivity contribution in [2.45, 2.75) is 13.3 Å². The normalized spacial score (nSPS) is 10.9.